The number of anilines is 2. The van der Waals surface area contributed by atoms with Crippen molar-refractivity contribution in [3.05, 3.63) is 59.6 Å². The average Bonchev–Trinajstić information content (AvgIpc) is 3.10. The SMILES string of the molecule is CCOC(=O)Nc1nc(-c2ccccc2)c(NC(=O)COc2ccc(Cl)cc2)s1. The van der Waals surface area contributed by atoms with Crippen LogP contribution in [0, 0.1) is 0 Å². The number of benzene rings is 2. The molecular weight excluding hydrogens is 414 g/mol. The van der Waals surface area contributed by atoms with E-state index in [-0.39, 0.29) is 19.1 Å². The van der Waals surface area contributed by atoms with E-state index in [4.69, 9.17) is 21.1 Å². The van der Waals surface area contributed by atoms with E-state index in [0.29, 0.717) is 26.6 Å². The van der Waals surface area contributed by atoms with E-state index in [1.165, 1.54) is 0 Å². The van der Waals surface area contributed by atoms with Gasteiger partial charge in [0.05, 0.1) is 6.61 Å². The summed E-state index contributed by atoms with van der Waals surface area (Å²) in [5.41, 5.74) is 1.34. The van der Waals surface area contributed by atoms with Crippen molar-refractivity contribution in [2.75, 3.05) is 23.8 Å². The fourth-order valence-electron chi connectivity index (χ4n) is 2.35. The van der Waals surface area contributed by atoms with Gasteiger partial charge in [0, 0.05) is 10.6 Å². The van der Waals surface area contributed by atoms with Crippen LogP contribution >= 0.6 is 22.9 Å². The Hall–Kier alpha value is -3.10. The van der Waals surface area contributed by atoms with Gasteiger partial charge in [-0.2, -0.15) is 0 Å². The topological polar surface area (TPSA) is 89.5 Å². The molecule has 0 aliphatic heterocycles. The van der Waals surface area contributed by atoms with E-state index in [1.54, 1.807) is 31.2 Å². The molecule has 1 heterocycles. The minimum atomic E-state index is -0.607. The number of ether oxygens (including phenoxy) is 2. The van der Waals surface area contributed by atoms with Gasteiger partial charge in [0.25, 0.3) is 5.91 Å². The third-order valence-corrected chi connectivity index (χ3v) is 4.73. The van der Waals surface area contributed by atoms with Gasteiger partial charge >= 0.3 is 6.09 Å². The van der Waals surface area contributed by atoms with Gasteiger partial charge < -0.3 is 14.8 Å². The van der Waals surface area contributed by atoms with Gasteiger partial charge in [0.1, 0.15) is 16.4 Å². The minimum absolute atomic E-state index is 0.186. The van der Waals surface area contributed by atoms with Crippen LogP contribution in [-0.4, -0.2) is 30.2 Å². The smallest absolute Gasteiger partial charge is 0.413 e. The number of aromatic nitrogens is 1. The summed E-state index contributed by atoms with van der Waals surface area (Å²) in [5, 5.41) is 6.74. The highest BCUT2D eigenvalue weighted by atomic mass is 35.5. The largest absolute Gasteiger partial charge is 0.484 e. The maximum Gasteiger partial charge on any atom is 0.413 e. The second-order valence-electron chi connectivity index (χ2n) is 5.70. The van der Waals surface area contributed by atoms with Crippen LogP contribution in [0.5, 0.6) is 5.75 Å². The molecule has 2 amide bonds. The fourth-order valence-corrected chi connectivity index (χ4v) is 3.36. The van der Waals surface area contributed by atoms with Crippen LogP contribution in [0.3, 0.4) is 0 Å². The summed E-state index contributed by atoms with van der Waals surface area (Å²) in [6.07, 6.45) is -0.607. The second-order valence-corrected chi connectivity index (χ2v) is 7.13. The molecule has 0 saturated carbocycles. The quantitative estimate of drug-likeness (QED) is 0.546. The molecule has 0 fully saturated rings. The lowest BCUT2D eigenvalue weighted by Gasteiger charge is -2.07. The van der Waals surface area contributed by atoms with Crippen molar-refractivity contribution in [1.82, 2.24) is 4.98 Å². The Kier molecular flexibility index (Phi) is 7.04. The van der Waals surface area contributed by atoms with Crippen LogP contribution in [0.25, 0.3) is 11.3 Å². The van der Waals surface area contributed by atoms with Crippen molar-refractivity contribution < 1.29 is 19.1 Å². The number of nitrogens with zero attached hydrogens (tertiary/aromatic N) is 1. The Bertz CT molecular complexity index is 977. The Morgan fingerprint density at radius 3 is 2.48 bits per heavy atom. The normalized spacial score (nSPS) is 10.3. The Labute approximate surface area is 176 Å². The van der Waals surface area contributed by atoms with Crippen LogP contribution in [0.1, 0.15) is 6.92 Å². The Balaban J connectivity index is 1.73. The predicted octanol–water partition coefficient (Wildman–Crippen LogP) is 5.05. The standard InChI is InChI=1S/C20H18ClN3O4S/c1-2-27-20(26)24-19-23-17(13-6-4-3-5-7-13)18(29-19)22-16(25)12-28-15-10-8-14(21)9-11-15/h3-11H,2,12H2,1H3,(H,22,25)(H,23,24,26). The van der Waals surface area contributed by atoms with Gasteiger partial charge in [-0.1, -0.05) is 53.3 Å². The fraction of sp³-hybridized carbons (Fsp3) is 0.150. The van der Waals surface area contributed by atoms with Crippen molar-refractivity contribution in [3.8, 4) is 17.0 Å². The van der Waals surface area contributed by atoms with E-state index < -0.39 is 6.09 Å². The highest BCUT2D eigenvalue weighted by Gasteiger charge is 2.17. The van der Waals surface area contributed by atoms with Gasteiger partial charge in [-0.15, -0.1) is 0 Å². The van der Waals surface area contributed by atoms with Crippen molar-refractivity contribution in [3.63, 3.8) is 0 Å². The molecule has 0 spiro atoms. The van der Waals surface area contributed by atoms with E-state index >= 15 is 0 Å². The van der Waals surface area contributed by atoms with Gasteiger partial charge in [0.2, 0.25) is 0 Å². The lowest BCUT2D eigenvalue weighted by Crippen LogP contribution is -2.19. The van der Waals surface area contributed by atoms with Crippen LogP contribution < -0.4 is 15.4 Å². The first-order chi connectivity index (χ1) is 14.0. The summed E-state index contributed by atoms with van der Waals surface area (Å²) in [7, 11) is 0. The van der Waals surface area contributed by atoms with Gasteiger partial charge in [-0.05, 0) is 31.2 Å². The molecule has 2 aromatic carbocycles. The maximum absolute atomic E-state index is 12.4. The van der Waals surface area contributed by atoms with Crippen molar-refractivity contribution in [2.45, 2.75) is 6.92 Å². The molecule has 0 saturated heterocycles. The zero-order chi connectivity index (χ0) is 20.6. The second kappa shape index (κ2) is 9.90. The molecule has 0 bridgehead atoms. The number of carbonyl (C=O) groups excluding carboxylic acids is 2. The molecule has 0 aliphatic rings. The average molecular weight is 432 g/mol. The van der Waals surface area contributed by atoms with Crippen molar-refractivity contribution in [2.24, 2.45) is 0 Å². The molecule has 2 N–H and O–H groups in total. The number of rotatable bonds is 7. The third kappa shape index (κ3) is 5.94. The number of carbonyl (C=O) groups is 2. The van der Waals surface area contributed by atoms with E-state index in [1.807, 2.05) is 30.3 Å². The molecular formula is C20H18ClN3O4S. The molecule has 7 nitrogen and oxygen atoms in total. The monoisotopic (exact) mass is 431 g/mol. The summed E-state index contributed by atoms with van der Waals surface area (Å²) in [6, 6.07) is 16.1. The summed E-state index contributed by atoms with van der Waals surface area (Å²) in [5.74, 6) is 0.172. The first-order valence-corrected chi connectivity index (χ1v) is 9.93. The summed E-state index contributed by atoms with van der Waals surface area (Å²) < 4.78 is 10.3. The molecule has 3 rings (SSSR count). The van der Waals surface area contributed by atoms with Crippen LogP contribution in [0.4, 0.5) is 14.9 Å². The first-order valence-electron chi connectivity index (χ1n) is 8.73. The lowest BCUT2D eigenvalue weighted by atomic mass is 10.2. The molecule has 1 aromatic heterocycles. The number of nitrogens with one attached hydrogen (secondary N) is 2. The molecule has 29 heavy (non-hydrogen) atoms. The predicted molar refractivity (Wildman–Crippen MR) is 114 cm³/mol. The highest BCUT2D eigenvalue weighted by Crippen LogP contribution is 2.36. The molecule has 0 aliphatic carbocycles. The van der Waals surface area contributed by atoms with Gasteiger partial charge in [-0.25, -0.2) is 9.78 Å². The molecule has 150 valence electrons. The van der Waals surface area contributed by atoms with E-state index in [2.05, 4.69) is 15.6 Å². The molecule has 0 atom stereocenters. The number of hydrogen-bond acceptors (Lipinski definition) is 6. The van der Waals surface area contributed by atoms with E-state index in [0.717, 1.165) is 16.9 Å². The summed E-state index contributed by atoms with van der Waals surface area (Å²) in [4.78, 5) is 28.5. The molecule has 3 aromatic rings. The van der Waals surface area contributed by atoms with E-state index in [9.17, 15) is 9.59 Å². The van der Waals surface area contributed by atoms with Gasteiger partial charge in [-0.3, -0.25) is 10.1 Å². The van der Waals surface area contributed by atoms with Crippen LogP contribution in [-0.2, 0) is 9.53 Å². The molecule has 0 radical (unpaired) electrons. The number of hydrogen-bond donors (Lipinski definition) is 2. The lowest BCUT2D eigenvalue weighted by molar-refractivity contribution is -0.118. The third-order valence-electron chi connectivity index (χ3n) is 3.60. The zero-order valence-electron chi connectivity index (χ0n) is 15.5. The number of thiazole rings is 1. The summed E-state index contributed by atoms with van der Waals surface area (Å²) in [6.45, 7) is 1.77. The molecule has 9 heteroatoms. The van der Waals surface area contributed by atoms with Crippen molar-refractivity contribution in [1.29, 1.82) is 0 Å². The minimum Gasteiger partial charge on any atom is -0.484 e. The van der Waals surface area contributed by atoms with Crippen molar-refractivity contribution >= 4 is 45.1 Å². The maximum atomic E-state index is 12.4. The van der Waals surface area contributed by atoms with Crippen LogP contribution in [0.15, 0.2) is 54.6 Å². The zero-order valence-corrected chi connectivity index (χ0v) is 17.0. The Morgan fingerprint density at radius 2 is 1.79 bits per heavy atom. The molecule has 0 unspecified atom stereocenters. The summed E-state index contributed by atoms with van der Waals surface area (Å²) >= 11 is 6.97. The Morgan fingerprint density at radius 1 is 1.07 bits per heavy atom. The number of amides is 2. The first kappa shape index (κ1) is 20.6. The van der Waals surface area contributed by atoms with Crippen LogP contribution in [0.2, 0.25) is 5.02 Å². The number of halogens is 1. The highest BCUT2D eigenvalue weighted by molar-refractivity contribution is 7.20. The van der Waals surface area contributed by atoms with Gasteiger partial charge in [0.15, 0.2) is 11.7 Å².